The van der Waals surface area contributed by atoms with Crippen molar-refractivity contribution in [3.8, 4) is 0 Å². The molecule has 0 bridgehead atoms. The van der Waals surface area contributed by atoms with Gasteiger partial charge in [0.15, 0.2) is 5.82 Å². The van der Waals surface area contributed by atoms with Gasteiger partial charge in [-0.1, -0.05) is 5.16 Å². The third-order valence-corrected chi connectivity index (χ3v) is 6.40. The zero-order valence-electron chi connectivity index (χ0n) is 14.7. The Morgan fingerprint density at radius 2 is 1.67 bits per heavy atom. The van der Waals surface area contributed by atoms with Crippen LogP contribution in [0.3, 0.4) is 0 Å². The van der Waals surface area contributed by atoms with E-state index < -0.39 is 20.0 Å². The lowest BCUT2D eigenvalue weighted by Gasteiger charge is -2.09. The molecule has 0 radical (unpaired) electrons. The largest absolute Gasteiger partial charge is 0.360 e. The average molecular weight is 411 g/mol. The predicted molar refractivity (Wildman–Crippen MR) is 97.2 cm³/mol. The van der Waals surface area contributed by atoms with Crippen LogP contribution in [-0.2, 0) is 27.1 Å². The molecular formula is C15H17N5O5S2. The Bertz CT molecular complexity index is 1180. The van der Waals surface area contributed by atoms with Gasteiger partial charge in [0.1, 0.15) is 10.7 Å². The number of aryl methyl sites for hydroxylation is 3. The number of anilines is 2. The van der Waals surface area contributed by atoms with Gasteiger partial charge < -0.3 is 4.52 Å². The van der Waals surface area contributed by atoms with E-state index in [-0.39, 0.29) is 21.3 Å². The molecule has 0 aliphatic rings. The number of hydrogen-bond donors (Lipinski definition) is 2. The first-order valence-corrected chi connectivity index (χ1v) is 10.6. The molecule has 144 valence electrons. The van der Waals surface area contributed by atoms with Crippen LogP contribution in [0.15, 0.2) is 50.8 Å². The number of aromatic nitrogens is 3. The summed E-state index contributed by atoms with van der Waals surface area (Å²) in [5, 5.41) is 7.57. The number of nitrogens with one attached hydrogen (secondary N) is 2. The van der Waals surface area contributed by atoms with Crippen molar-refractivity contribution in [2.75, 3.05) is 9.44 Å². The molecule has 2 aromatic heterocycles. The minimum atomic E-state index is -3.88. The molecule has 2 N–H and O–H groups in total. The van der Waals surface area contributed by atoms with Crippen molar-refractivity contribution >= 4 is 31.6 Å². The normalized spacial score (nSPS) is 12.1. The predicted octanol–water partition coefficient (Wildman–Crippen LogP) is 1.63. The highest BCUT2D eigenvalue weighted by Gasteiger charge is 2.21. The fourth-order valence-corrected chi connectivity index (χ4v) is 4.63. The standard InChI is InChI=1S/C15H17N5O5S2/c1-10-8-15(17-25-10)19-26(21,22)13-6-4-12(5-7-13)18-27(23,24)14-9-20(3)16-11(14)2/h4-9,18H,1-3H3,(H,17,19). The van der Waals surface area contributed by atoms with Crippen molar-refractivity contribution in [3.05, 3.63) is 48.0 Å². The van der Waals surface area contributed by atoms with Crippen LogP contribution >= 0.6 is 0 Å². The molecule has 3 rings (SSSR count). The van der Waals surface area contributed by atoms with Crippen molar-refractivity contribution < 1.29 is 21.4 Å². The molecule has 0 amide bonds. The highest BCUT2D eigenvalue weighted by molar-refractivity contribution is 7.93. The summed E-state index contributed by atoms with van der Waals surface area (Å²) in [6.07, 6.45) is 1.39. The third kappa shape index (κ3) is 4.11. The maximum absolute atomic E-state index is 12.4. The number of sulfonamides is 2. The molecule has 0 fully saturated rings. The zero-order valence-corrected chi connectivity index (χ0v) is 16.3. The Balaban J connectivity index is 1.80. The summed E-state index contributed by atoms with van der Waals surface area (Å²) in [5.41, 5.74) is 0.575. The fourth-order valence-electron chi connectivity index (χ4n) is 2.37. The Morgan fingerprint density at radius 3 is 2.19 bits per heavy atom. The number of hydrogen-bond acceptors (Lipinski definition) is 7. The molecular weight excluding hydrogens is 394 g/mol. The smallest absolute Gasteiger partial charge is 0.265 e. The Labute approximate surface area is 156 Å². The van der Waals surface area contributed by atoms with Crippen molar-refractivity contribution in [2.45, 2.75) is 23.6 Å². The van der Waals surface area contributed by atoms with E-state index in [1.807, 2.05) is 0 Å². The first-order valence-electron chi connectivity index (χ1n) is 7.66. The monoisotopic (exact) mass is 411 g/mol. The van der Waals surface area contributed by atoms with E-state index in [9.17, 15) is 16.8 Å². The maximum Gasteiger partial charge on any atom is 0.265 e. The highest BCUT2D eigenvalue weighted by Crippen LogP contribution is 2.21. The first-order chi connectivity index (χ1) is 12.6. The molecule has 12 heteroatoms. The number of rotatable bonds is 6. The molecule has 0 atom stereocenters. The molecule has 0 spiro atoms. The molecule has 1 aromatic carbocycles. The Hall–Kier alpha value is -2.86. The second-order valence-corrected chi connectivity index (χ2v) is 9.14. The van der Waals surface area contributed by atoms with E-state index in [1.165, 1.54) is 41.2 Å². The molecule has 0 saturated carbocycles. The van der Waals surface area contributed by atoms with Crippen molar-refractivity contribution in [1.82, 2.24) is 14.9 Å². The van der Waals surface area contributed by atoms with E-state index in [1.54, 1.807) is 20.9 Å². The van der Waals surface area contributed by atoms with E-state index in [0.717, 1.165) is 0 Å². The number of benzene rings is 1. The summed E-state index contributed by atoms with van der Waals surface area (Å²) >= 11 is 0. The lowest BCUT2D eigenvalue weighted by atomic mass is 10.3. The number of nitrogens with zero attached hydrogens (tertiary/aromatic N) is 3. The van der Waals surface area contributed by atoms with E-state index >= 15 is 0 Å². The van der Waals surface area contributed by atoms with Crippen LogP contribution in [0, 0.1) is 13.8 Å². The zero-order chi connectivity index (χ0) is 19.8. The first kappa shape index (κ1) is 18.9. The minimum Gasteiger partial charge on any atom is -0.360 e. The molecule has 0 aliphatic carbocycles. The molecule has 3 aromatic rings. The lowest BCUT2D eigenvalue weighted by molar-refractivity contribution is 0.400. The van der Waals surface area contributed by atoms with Crippen LogP contribution in [0.2, 0.25) is 0 Å². The van der Waals surface area contributed by atoms with Gasteiger partial charge in [0.2, 0.25) is 0 Å². The second kappa shape index (κ2) is 6.70. The van der Waals surface area contributed by atoms with Gasteiger partial charge in [-0.15, -0.1) is 0 Å². The lowest BCUT2D eigenvalue weighted by Crippen LogP contribution is -2.15. The third-order valence-electron chi connectivity index (χ3n) is 3.54. The van der Waals surface area contributed by atoms with Crippen LogP contribution in [-0.4, -0.2) is 31.8 Å². The Morgan fingerprint density at radius 1 is 1.00 bits per heavy atom. The van der Waals surface area contributed by atoms with Crippen LogP contribution < -0.4 is 9.44 Å². The van der Waals surface area contributed by atoms with Crippen molar-refractivity contribution in [2.24, 2.45) is 7.05 Å². The van der Waals surface area contributed by atoms with Gasteiger partial charge >= 0.3 is 0 Å². The highest BCUT2D eigenvalue weighted by atomic mass is 32.2. The summed E-state index contributed by atoms with van der Waals surface area (Å²) in [5.74, 6) is 0.521. The van der Waals surface area contributed by atoms with Crippen LogP contribution in [0.25, 0.3) is 0 Å². The van der Waals surface area contributed by atoms with Gasteiger partial charge in [-0.2, -0.15) is 5.10 Å². The summed E-state index contributed by atoms with van der Waals surface area (Å²) in [4.78, 5) is -0.00609. The van der Waals surface area contributed by atoms with Crippen molar-refractivity contribution in [3.63, 3.8) is 0 Å². The topological polar surface area (TPSA) is 136 Å². The summed E-state index contributed by atoms with van der Waals surface area (Å²) in [7, 11) is -6.10. The van der Waals surface area contributed by atoms with Gasteiger partial charge in [0, 0.05) is 25.0 Å². The van der Waals surface area contributed by atoms with Crippen LogP contribution in [0.4, 0.5) is 11.5 Å². The van der Waals surface area contributed by atoms with Gasteiger partial charge in [-0.05, 0) is 38.1 Å². The summed E-state index contributed by atoms with van der Waals surface area (Å²) in [6.45, 7) is 3.22. The van der Waals surface area contributed by atoms with Gasteiger partial charge in [0.25, 0.3) is 20.0 Å². The van der Waals surface area contributed by atoms with E-state index in [2.05, 4.69) is 19.7 Å². The van der Waals surface area contributed by atoms with Crippen LogP contribution in [0.5, 0.6) is 0 Å². The minimum absolute atomic E-state index is 0.0461. The molecule has 10 nitrogen and oxygen atoms in total. The second-order valence-electron chi connectivity index (χ2n) is 5.81. The molecule has 0 saturated heterocycles. The SMILES string of the molecule is Cc1cc(NS(=O)(=O)c2ccc(NS(=O)(=O)c3cn(C)nc3C)cc2)no1. The molecule has 27 heavy (non-hydrogen) atoms. The van der Waals surface area contributed by atoms with Gasteiger partial charge in [-0.3, -0.25) is 14.1 Å². The average Bonchev–Trinajstić information content (AvgIpc) is 3.12. The van der Waals surface area contributed by atoms with Gasteiger partial charge in [0.05, 0.1) is 10.6 Å². The summed E-state index contributed by atoms with van der Waals surface area (Å²) in [6, 6.07) is 6.71. The fraction of sp³-hybridized carbons (Fsp3) is 0.200. The summed E-state index contributed by atoms with van der Waals surface area (Å²) < 4.78 is 60.4. The molecule has 0 unspecified atom stereocenters. The quantitative estimate of drug-likeness (QED) is 0.629. The van der Waals surface area contributed by atoms with E-state index in [0.29, 0.717) is 11.5 Å². The van der Waals surface area contributed by atoms with E-state index in [4.69, 9.17) is 4.52 Å². The maximum atomic E-state index is 12.4. The van der Waals surface area contributed by atoms with Crippen molar-refractivity contribution in [1.29, 1.82) is 0 Å². The van der Waals surface area contributed by atoms with Crippen LogP contribution in [0.1, 0.15) is 11.5 Å². The molecule has 0 aliphatic heterocycles. The Kier molecular flexibility index (Phi) is 4.70. The molecule has 2 heterocycles. The van der Waals surface area contributed by atoms with Gasteiger partial charge in [-0.25, -0.2) is 16.8 Å².